The van der Waals surface area contributed by atoms with Gasteiger partial charge < -0.3 is 14.6 Å². The third-order valence-electron chi connectivity index (χ3n) is 5.31. The molecule has 0 saturated carbocycles. The van der Waals surface area contributed by atoms with Gasteiger partial charge in [0.1, 0.15) is 12.5 Å². The Morgan fingerprint density at radius 2 is 1.21 bits per heavy atom. The summed E-state index contributed by atoms with van der Waals surface area (Å²) >= 11 is 0. The van der Waals surface area contributed by atoms with E-state index in [0.717, 1.165) is 0 Å². The van der Waals surface area contributed by atoms with E-state index in [1.807, 2.05) is 4.90 Å². The first-order valence-corrected chi connectivity index (χ1v) is 8.84. The number of hydrogen-bond donors (Lipinski definition) is 1. The molecule has 150 valence electrons. The molecule has 8 heteroatoms. The first-order chi connectivity index (χ1) is 13.4. The van der Waals surface area contributed by atoms with Gasteiger partial charge in [0, 0.05) is 11.1 Å². The highest BCUT2D eigenvalue weighted by molar-refractivity contribution is 5.30. The van der Waals surface area contributed by atoms with Crippen molar-refractivity contribution in [3.63, 3.8) is 0 Å². The van der Waals surface area contributed by atoms with Gasteiger partial charge in [0.05, 0.1) is 25.4 Å². The van der Waals surface area contributed by atoms with Crippen LogP contribution in [0.15, 0.2) is 48.5 Å². The van der Waals surface area contributed by atoms with Crippen LogP contribution < -0.4 is 0 Å². The molecule has 2 saturated heterocycles. The van der Waals surface area contributed by atoms with E-state index in [-0.39, 0.29) is 30.9 Å². The summed E-state index contributed by atoms with van der Waals surface area (Å²) in [6.07, 6.45) is -6.35. The van der Waals surface area contributed by atoms with Gasteiger partial charge in [-0.15, -0.1) is 0 Å². The minimum absolute atomic E-state index is 0.0908. The number of rotatable bonds is 5. The van der Waals surface area contributed by atoms with Crippen LogP contribution in [0.2, 0.25) is 0 Å². The summed E-state index contributed by atoms with van der Waals surface area (Å²) in [4.78, 5) is 1.85. The number of nitrogens with zero attached hydrogens (tertiary/aromatic N) is 1. The number of aliphatic hydroxyl groups excluding tert-OH is 1. The quantitative estimate of drug-likeness (QED) is 0.762. The largest absolute Gasteiger partial charge is 0.394 e. The minimum atomic E-state index is -2.56. The molecule has 0 amide bonds. The van der Waals surface area contributed by atoms with Gasteiger partial charge in [-0.3, -0.25) is 0 Å². The van der Waals surface area contributed by atoms with E-state index in [1.54, 1.807) is 24.3 Å². The van der Waals surface area contributed by atoms with Gasteiger partial charge in [0.15, 0.2) is 0 Å². The molecule has 28 heavy (non-hydrogen) atoms. The normalized spacial score (nSPS) is 27.7. The van der Waals surface area contributed by atoms with E-state index >= 15 is 0 Å². The molecule has 0 spiro atoms. The lowest BCUT2D eigenvalue weighted by Gasteiger charge is -2.33. The van der Waals surface area contributed by atoms with Gasteiger partial charge in [0.2, 0.25) is 0 Å². The molecule has 2 aliphatic heterocycles. The molecule has 1 N–H and O–H groups in total. The zero-order valence-corrected chi connectivity index (χ0v) is 14.8. The Hall–Kier alpha value is -2.00. The molecule has 0 aliphatic carbocycles. The molecule has 4 nitrogen and oxygen atoms in total. The van der Waals surface area contributed by atoms with E-state index in [9.17, 15) is 22.7 Å². The number of alkyl halides is 4. The third-order valence-corrected chi connectivity index (χ3v) is 5.31. The van der Waals surface area contributed by atoms with Crippen molar-refractivity contribution in [1.82, 2.24) is 4.90 Å². The maximum atomic E-state index is 12.8. The number of benzene rings is 2. The molecule has 2 atom stereocenters. The van der Waals surface area contributed by atoms with Gasteiger partial charge >= 0.3 is 0 Å². The summed E-state index contributed by atoms with van der Waals surface area (Å²) in [5, 5.41) is 9.99. The van der Waals surface area contributed by atoms with Gasteiger partial charge in [-0.25, -0.2) is 22.5 Å². The van der Waals surface area contributed by atoms with Crippen LogP contribution in [-0.2, 0) is 9.47 Å². The van der Waals surface area contributed by atoms with Crippen molar-refractivity contribution >= 4 is 0 Å². The standard InChI is InChI=1S/C20H19F4NO3/c21-16(22)12-1-5-14(6-2-12)18-25-19(28-11-20(25,9-26)10-27-18)15-7-3-13(4-8-15)17(23)24/h1-8,16-19,26H,9-11H2. The minimum Gasteiger partial charge on any atom is -0.394 e. The van der Waals surface area contributed by atoms with Crippen LogP contribution >= 0.6 is 0 Å². The number of ether oxygens (including phenoxy) is 2. The lowest BCUT2D eigenvalue weighted by Crippen LogP contribution is -2.47. The summed E-state index contributed by atoms with van der Waals surface area (Å²) in [5.41, 5.74) is 0.343. The van der Waals surface area contributed by atoms with Gasteiger partial charge in [-0.2, -0.15) is 0 Å². The summed E-state index contributed by atoms with van der Waals surface area (Å²) < 4.78 is 63.1. The third kappa shape index (κ3) is 3.20. The molecule has 0 aromatic heterocycles. The molecule has 0 radical (unpaired) electrons. The Labute approximate surface area is 159 Å². The summed E-state index contributed by atoms with van der Waals surface area (Å²) in [6, 6.07) is 11.6. The average Bonchev–Trinajstić information content (AvgIpc) is 3.26. The molecule has 2 unspecified atom stereocenters. The Balaban J connectivity index is 1.66. The fourth-order valence-electron chi connectivity index (χ4n) is 3.74. The zero-order valence-electron chi connectivity index (χ0n) is 14.8. The fraction of sp³-hybridized carbons (Fsp3) is 0.400. The maximum Gasteiger partial charge on any atom is 0.263 e. The van der Waals surface area contributed by atoms with Crippen LogP contribution in [0, 0.1) is 0 Å². The SMILES string of the molecule is OCC12COC(c3ccc(C(F)F)cc3)N1C(c1ccc(C(F)F)cc1)OC2. The van der Waals surface area contributed by atoms with Crippen LogP contribution in [-0.4, -0.2) is 35.4 Å². The van der Waals surface area contributed by atoms with Crippen molar-refractivity contribution in [2.45, 2.75) is 30.8 Å². The van der Waals surface area contributed by atoms with Crippen LogP contribution in [0.1, 0.15) is 47.6 Å². The summed E-state index contributed by atoms with van der Waals surface area (Å²) in [7, 11) is 0. The molecule has 0 bridgehead atoms. The smallest absolute Gasteiger partial charge is 0.263 e. The molecule has 2 heterocycles. The fourth-order valence-corrected chi connectivity index (χ4v) is 3.74. The van der Waals surface area contributed by atoms with Gasteiger partial charge in [-0.05, 0) is 11.1 Å². The lowest BCUT2D eigenvalue weighted by atomic mass is 10.0. The van der Waals surface area contributed by atoms with Gasteiger partial charge in [-0.1, -0.05) is 48.5 Å². The van der Waals surface area contributed by atoms with E-state index < -0.39 is 30.8 Å². The molecule has 4 rings (SSSR count). The first-order valence-electron chi connectivity index (χ1n) is 8.84. The molecular weight excluding hydrogens is 378 g/mol. The highest BCUT2D eigenvalue weighted by Gasteiger charge is 2.56. The monoisotopic (exact) mass is 397 g/mol. The average molecular weight is 397 g/mol. The van der Waals surface area contributed by atoms with Crippen molar-refractivity contribution in [2.75, 3.05) is 19.8 Å². The Kier molecular flexibility index (Phi) is 5.13. The predicted molar refractivity (Wildman–Crippen MR) is 91.8 cm³/mol. The molecule has 2 aromatic rings. The number of halogens is 4. The van der Waals surface area contributed by atoms with E-state index in [2.05, 4.69) is 0 Å². The van der Waals surface area contributed by atoms with Crippen molar-refractivity contribution < 1.29 is 32.1 Å². The van der Waals surface area contributed by atoms with Crippen LogP contribution in [0.25, 0.3) is 0 Å². The Bertz CT molecular complexity index is 750. The lowest BCUT2D eigenvalue weighted by molar-refractivity contribution is -0.0631. The zero-order chi connectivity index (χ0) is 19.9. The predicted octanol–water partition coefficient (Wildman–Crippen LogP) is 4.35. The second-order valence-corrected chi connectivity index (χ2v) is 7.05. The van der Waals surface area contributed by atoms with Crippen molar-refractivity contribution in [1.29, 1.82) is 0 Å². The van der Waals surface area contributed by atoms with Crippen molar-refractivity contribution in [3.05, 3.63) is 70.8 Å². The second-order valence-electron chi connectivity index (χ2n) is 7.05. The van der Waals surface area contributed by atoms with Crippen molar-refractivity contribution in [3.8, 4) is 0 Å². The highest BCUT2D eigenvalue weighted by atomic mass is 19.3. The number of aliphatic hydroxyl groups is 1. The van der Waals surface area contributed by atoms with Crippen molar-refractivity contribution in [2.24, 2.45) is 0 Å². The van der Waals surface area contributed by atoms with Crippen LogP contribution in [0.4, 0.5) is 17.6 Å². The van der Waals surface area contributed by atoms with E-state index in [0.29, 0.717) is 11.1 Å². The van der Waals surface area contributed by atoms with Gasteiger partial charge in [0.25, 0.3) is 12.9 Å². The topological polar surface area (TPSA) is 41.9 Å². The maximum absolute atomic E-state index is 12.8. The van der Waals surface area contributed by atoms with E-state index in [1.165, 1.54) is 24.3 Å². The molecule has 2 aromatic carbocycles. The molecule has 2 fully saturated rings. The van der Waals surface area contributed by atoms with Crippen LogP contribution in [0.3, 0.4) is 0 Å². The molecular formula is C20H19F4NO3. The van der Waals surface area contributed by atoms with Crippen LogP contribution in [0.5, 0.6) is 0 Å². The summed E-state index contributed by atoms with van der Waals surface area (Å²) in [5.74, 6) is 0. The Morgan fingerprint density at radius 3 is 1.54 bits per heavy atom. The first kappa shape index (κ1) is 19.3. The number of hydrogen-bond acceptors (Lipinski definition) is 4. The van der Waals surface area contributed by atoms with E-state index in [4.69, 9.17) is 9.47 Å². The second kappa shape index (κ2) is 7.44. The number of fused-ring (bicyclic) bond motifs is 1. The Morgan fingerprint density at radius 1 is 0.821 bits per heavy atom. The molecule has 2 aliphatic rings. The summed E-state index contributed by atoms with van der Waals surface area (Å²) in [6.45, 7) is 0.191. The highest BCUT2D eigenvalue weighted by Crippen LogP contribution is 2.49.